The predicted octanol–water partition coefficient (Wildman–Crippen LogP) is 3.94. The van der Waals surface area contributed by atoms with E-state index in [2.05, 4.69) is 21.8 Å². The van der Waals surface area contributed by atoms with Crippen LogP contribution in [-0.4, -0.2) is 32.7 Å². The first-order chi connectivity index (χ1) is 11.6. The van der Waals surface area contributed by atoms with Crippen molar-refractivity contribution in [2.45, 2.75) is 13.8 Å². The second-order valence-electron chi connectivity index (χ2n) is 5.22. The van der Waals surface area contributed by atoms with Gasteiger partial charge in [-0.05, 0) is 37.2 Å². The fraction of sp³-hybridized carbons (Fsp3) is 0.176. The zero-order chi connectivity index (χ0) is 17.1. The van der Waals surface area contributed by atoms with E-state index in [1.165, 1.54) is 28.7 Å². The molecule has 1 fully saturated rings. The normalized spacial score (nSPS) is 17.9. The molecule has 3 rings (SSSR count). The third kappa shape index (κ3) is 3.63. The average Bonchev–Trinajstić information content (AvgIpc) is 3.09. The quantitative estimate of drug-likeness (QED) is 0.615. The van der Waals surface area contributed by atoms with E-state index in [4.69, 9.17) is 0 Å². The minimum Gasteiger partial charge on any atom is -0.282 e. The minimum absolute atomic E-state index is 0.0690. The molecule has 24 heavy (non-hydrogen) atoms. The van der Waals surface area contributed by atoms with Crippen LogP contribution in [0.3, 0.4) is 0 Å². The van der Waals surface area contributed by atoms with Crippen molar-refractivity contribution in [1.82, 2.24) is 15.1 Å². The summed E-state index contributed by atoms with van der Waals surface area (Å²) in [5, 5.41) is 9.96. The third-order valence-corrected chi connectivity index (χ3v) is 5.02. The number of aryl methyl sites for hydroxylation is 2. The van der Waals surface area contributed by atoms with Gasteiger partial charge in [-0.3, -0.25) is 9.69 Å². The minimum atomic E-state index is -0.0690. The number of aromatic nitrogens is 2. The fourth-order valence-corrected chi connectivity index (χ4v) is 3.72. The van der Waals surface area contributed by atoms with Crippen LogP contribution in [0.2, 0.25) is 0 Å². The fourth-order valence-electron chi connectivity index (χ4n) is 2.11. The Morgan fingerprint density at radius 2 is 2.00 bits per heavy atom. The molecule has 0 N–H and O–H groups in total. The molecule has 0 saturated carbocycles. The maximum atomic E-state index is 12.6. The monoisotopic (exact) mass is 356 g/mol. The van der Waals surface area contributed by atoms with Crippen LogP contribution in [0.15, 0.2) is 46.8 Å². The lowest BCUT2D eigenvalue weighted by Crippen LogP contribution is -2.29. The van der Waals surface area contributed by atoms with Gasteiger partial charge in [-0.25, -0.2) is 0 Å². The van der Waals surface area contributed by atoms with Gasteiger partial charge in [0, 0.05) is 6.54 Å². The molecule has 5 nitrogen and oxygen atoms in total. The van der Waals surface area contributed by atoms with Crippen molar-refractivity contribution in [1.29, 1.82) is 0 Å². The van der Waals surface area contributed by atoms with Crippen molar-refractivity contribution in [3.05, 3.63) is 58.0 Å². The van der Waals surface area contributed by atoms with Gasteiger partial charge in [0.05, 0.1) is 4.91 Å². The Kier molecular flexibility index (Phi) is 4.92. The first-order valence-electron chi connectivity index (χ1n) is 7.34. The molecule has 7 heteroatoms. The number of benzene rings is 1. The number of carbonyl (C=O) groups excluding carboxylic acids is 1. The molecule has 1 aromatic heterocycles. The Morgan fingerprint density at radius 1 is 1.25 bits per heavy atom. The summed E-state index contributed by atoms with van der Waals surface area (Å²) in [6, 6.07) is 8.04. The summed E-state index contributed by atoms with van der Waals surface area (Å²) in [5.74, 6) is -0.0690. The second-order valence-corrected chi connectivity index (χ2v) is 7.39. The summed E-state index contributed by atoms with van der Waals surface area (Å²) in [4.78, 5) is 19.4. The molecule has 0 spiro atoms. The van der Waals surface area contributed by atoms with Crippen molar-refractivity contribution >= 4 is 45.4 Å². The van der Waals surface area contributed by atoms with Crippen LogP contribution in [0.25, 0.3) is 6.08 Å². The number of carbonyl (C=O) groups is 1. The Balaban J connectivity index is 1.93. The molecule has 1 saturated heterocycles. The highest BCUT2D eigenvalue weighted by molar-refractivity contribution is 8.18. The van der Waals surface area contributed by atoms with Crippen molar-refractivity contribution in [2.75, 3.05) is 6.54 Å². The van der Waals surface area contributed by atoms with Crippen LogP contribution in [0.4, 0.5) is 5.13 Å². The Morgan fingerprint density at radius 3 is 2.62 bits per heavy atom. The molecule has 1 amide bonds. The topological polar surface area (TPSA) is 58.5 Å². The van der Waals surface area contributed by atoms with Gasteiger partial charge in [-0.2, -0.15) is 4.99 Å². The Hall–Kier alpha value is -2.25. The standard InChI is InChI=1S/C17H16N4OS2/c1-4-9-21-15(22)14(10-13-7-5-11(2)6-8-13)24-17(21)18-16-20-19-12(3)23-16/h4-8,10H,1,9H2,2-3H3/b14-10-,18-17+. The summed E-state index contributed by atoms with van der Waals surface area (Å²) in [7, 11) is 0. The van der Waals surface area contributed by atoms with Crippen molar-refractivity contribution in [3.8, 4) is 0 Å². The SMILES string of the molecule is C=CCN1C(=O)/C(=C/c2ccc(C)cc2)S/C1=N/c1nnc(C)s1. The molecule has 0 atom stereocenters. The molecule has 1 aliphatic heterocycles. The van der Waals surface area contributed by atoms with E-state index in [0.717, 1.165) is 10.6 Å². The summed E-state index contributed by atoms with van der Waals surface area (Å²) in [5.41, 5.74) is 2.17. The van der Waals surface area contributed by atoms with E-state index < -0.39 is 0 Å². The van der Waals surface area contributed by atoms with Crippen LogP contribution in [-0.2, 0) is 4.79 Å². The van der Waals surface area contributed by atoms with Gasteiger partial charge in [-0.15, -0.1) is 16.8 Å². The predicted molar refractivity (Wildman–Crippen MR) is 100 cm³/mol. The number of amidine groups is 1. The molecular formula is C17H16N4OS2. The van der Waals surface area contributed by atoms with Crippen molar-refractivity contribution < 1.29 is 4.79 Å². The number of hydrogen-bond acceptors (Lipinski definition) is 6. The largest absolute Gasteiger partial charge is 0.282 e. The van der Waals surface area contributed by atoms with Crippen LogP contribution in [0.5, 0.6) is 0 Å². The molecule has 0 radical (unpaired) electrons. The first-order valence-corrected chi connectivity index (χ1v) is 8.98. The molecule has 0 unspecified atom stereocenters. The molecular weight excluding hydrogens is 340 g/mol. The molecule has 2 heterocycles. The van der Waals surface area contributed by atoms with Gasteiger partial charge in [-0.1, -0.05) is 47.2 Å². The van der Waals surface area contributed by atoms with Gasteiger partial charge in [0.25, 0.3) is 5.91 Å². The summed E-state index contributed by atoms with van der Waals surface area (Å²) in [6.45, 7) is 8.04. The lowest BCUT2D eigenvalue weighted by molar-refractivity contribution is -0.121. The smallest absolute Gasteiger partial charge is 0.267 e. The molecule has 0 bridgehead atoms. The molecule has 122 valence electrons. The van der Waals surface area contributed by atoms with Crippen molar-refractivity contribution in [3.63, 3.8) is 0 Å². The highest BCUT2D eigenvalue weighted by Gasteiger charge is 2.32. The maximum absolute atomic E-state index is 12.6. The summed E-state index contributed by atoms with van der Waals surface area (Å²) in [6.07, 6.45) is 3.57. The summed E-state index contributed by atoms with van der Waals surface area (Å²) >= 11 is 2.74. The van der Waals surface area contributed by atoms with Gasteiger partial charge < -0.3 is 0 Å². The molecule has 2 aromatic rings. The number of aliphatic imine (C=N–C) groups is 1. The number of nitrogens with zero attached hydrogens (tertiary/aromatic N) is 4. The lowest BCUT2D eigenvalue weighted by Gasteiger charge is -2.11. The number of rotatable bonds is 4. The van der Waals surface area contributed by atoms with Gasteiger partial charge in [0.15, 0.2) is 5.17 Å². The van der Waals surface area contributed by atoms with E-state index in [9.17, 15) is 4.79 Å². The molecule has 0 aliphatic carbocycles. The van der Waals surface area contributed by atoms with E-state index in [-0.39, 0.29) is 5.91 Å². The summed E-state index contributed by atoms with van der Waals surface area (Å²) < 4.78 is 0. The maximum Gasteiger partial charge on any atom is 0.267 e. The van der Waals surface area contributed by atoms with E-state index in [1.807, 2.05) is 44.2 Å². The van der Waals surface area contributed by atoms with E-state index in [1.54, 1.807) is 11.0 Å². The van der Waals surface area contributed by atoms with Crippen LogP contribution < -0.4 is 0 Å². The van der Waals surface area contributed by atoms with Crippen LogP contribution >= 0.6 is 23.1 Å². The van der Waals surface area contributed by atoms with E-state index in [0.29, 0.717) is 21.7 Å². The second kappa shape index (κ2) is 7.11. The zero-order valence-corrected chi connectivity index (χ0v) is 15.0. The number of amides is 1. The lowest BCUT2D eigenvalue weighted by atomic mass is 10.1. The van der Waals surface area contributed by atoms with E-state index >= 15 is 0 Å². The molecule has 1 aliphatic rings. The zero-order valence-electron chi connectivity index (χ0n) is 13.4. The number of thioether (sulfide) groups is 1. The van der Waals surface area contributed by atoms with Crippen molar-refractivity contribution in [2.24, 2.45) is 4.99 Å². The van der Waals surface area contributed by atoms with Gasteiger partial charge in [0.2, 0.25) is 5.13 Å². The van der Waals surface area contributed by atoms with Gasteiger partial charge in [0.1, 0.15) is 5.01 Å². The first kappa shape index (κ1) is 16.6. The average molecular weight is 356 g/mol. The number of hydrogen-bond donors (Lipinski definition) is 0. The van der Waals surface area contributed by atoms with Crippen LogP contribution in [0, 0.1) is 13.8 Å². The highest BCUT2D eigenvalue weighted by atomic mass is 32.2. The third-order valence-electron chi connectivity index (χ3n) is 3.28. The molecule has 1 aromatic carbocycles. The Labute approximate surface area is 148 Å². The highest BCUT2D eigenvalue weighted by Crippen LogP contribution is 2.34. The van der Waals surface area contributed by atoms with Crippen LogP contribution in [0.1, 0.15) is 16.1 Å². The Bertz CT molecular complexity index is 837. The van der Waals surface area contributed by atoms with Gasteiger partial charge >= 0.3 is 0 Å².